The van der Waals surface area contributed by atoms with Gasteiger partial charge in [-0.25, -0.2) is 0 Å². The van der Waals surface area contributed by atoms with Crippen LogP contribution in [0.1, 0.15) is 13.3 Å². The van der Waals surface area contributed by atoms with Gasteiger partial charge in [-0.05, 0) is 6.42 Å². The van der Waals surface area contributed by atoms with Crippen LogP contribution in [0.5, 0.6) is 0 Å². The molecule has 0 aliphatic carbocycles. The molecule has 0 spiro atoms. The minimum absolute atomic E-state index is 0.238. The summed E-state index contributed by atoms with van der Waals surface area (Å²) in [6.45, 7) is 4.52. The molecule has 0 fully saturated rings. The number of carbonyl (C=O) groups is 3. The minimum Gasteiger partial charge on any atom is -0.303 e. The largest absolute Gasteiger partial charge is 0.303 e. The number of aldehydes is 1. The molecule has 0 aliphatic rings. The van der Waals surface area contributed by atoms with Crippen LogP contribution >= 0.6 is 0 Å². The Morgan fingerprint density at radius 3 is 2.36 bits per heavy atom. The SMILES string of the molecule is C=CCC(C=O)C(=O)C(C)=O. The smallest absolute Gasteiger partial charge is 0.208 e. The van der Waals surface area contributed by atoms with Crippen molar-refractivity contribution in [2.24, 2.45) is 5.92 Å². The molecule has 0 bridgehead atoms. The van der Waals surface area contributed by atoms with Crippen molar-refractivity contribution in [3.8, 4) is 0 Å². The van der Waals surface area contributed by atoms with E-state index in [9.17, 15) is 14.4 Å². The maximum atomic E-state index is 10.8. The van der Waals surface area contributed by atoms with Crippen LogP contribution in [0.2, 0.25) is 0 Å². The molecule has 0 amide bonds. The fraction of sp³-hybridized carbons (Fsp3) is 0.375. The number of Topliss-reactive ketones (excluding diaryl/α,β-unsaturated/α-hetero) is 2. The number of hydrogen-bond acceptors (Lipinski definition) is 3. The van der Waals surface area contributed by atoms with E-state index in [1.54, 1.807) is 0 Å². The summed E-state index contributed by atoms with van der Waals surface area (Å²) < 4.78 is 0. The third kappa shape index (κ3) is 2.89. The highest BCUT2D eigenvalue weighted by atomic mass is 16.2. The number of allylic oxidation sites excluding steroid dienone is 1. The second-order valence-corrected chi connectivity index (χ2v) is 2.19. The molecule has 0 aromatic heterocycles. The summed E-state index contributed by atoms with van der Waals surface area (Å²) in [4.78, 5) is 31.5. The Hall–Kier alpha value is -1.25. The van der Waals surface area contributed by atoms with Crippen molar-refractivity contribution < 1.29 is 14.4 Å². The van der Waals surface area contributed by atoms with Gasteiger partial charge in [-0.1, -0.05) is 6.08 Å². The van der Waals surface area contributed by atoms with E-state index in [1.807, 2.05) is 0 Å². The quantitative estimate of drug-likeness (QED) is 0.251. The van der Waals surface area contributed by atoms with Gasteiger partial charge in [0.05, 0.1) is 5.92 Å². The molecule has 1 unspecified atom stereocenters. The maximum absolute atomic E-state index is 10.8. The lowest BCUT2D eigenvalue weighted by Crippen LogP contribution is -2.22. The van der Waals surface area contributed by atoms with Gasteiger partial charge >= 0.3 is 0 Å². The van der Waals surface area contributed by atoms with Crippen LogP contribution in [0.25, 0.3) is 0 Å². The molecule has 0 aliphatic heterocycles. The van der Waals surface area contributed by atoms with Crippen molar-refractivity contribution in [2.75, 3.05) is 0 Å². The van der Waals surface area contributed by atoms with Crippen LogP contribution in [0, 0.1) is 5.92 Å². The van der Waals surface area contributed by atoms with Gasteiger partial charge in [0.1, 0.15) is 6.29 Å². The van der Waals surface area contributed by atoms with E-state index in [-0.39, 0.29) is 6.42 Å². The van der Waals surface area contributed by atoms with Crippen molar-refractivity contribution >= 4 is 17.9 Å². The molecule has 3 nitrogen and oxygen atoms in total. The molecule has 60 valence electrons. The van der Waals surface area contributed by atoms with E-state index in [2.05, 4.69) is 6.58 Å². The highest BCUT2D eigenvalue weighted by Crippen LogP contribution is 2.01. The van der Waals surface area contributed by atoms with Crippen molar-refractivity contribution in [1.29, 1.82) is 0 Å². The zero-order chi connectivity index (χ0) is 8.85. The molecule has 0 aromatic carbocycles. The zero-order valence-electron chi connectivity index (χ0n) is 6.37. The van der Waals surface area contributed by atoms with Gasteiger partial charge in [-0.3, -0.25) is 9.59 Å². The summed E-state index contributed by atoms with van der Waals surface area (Å²) in [7, 11) is 0. The summed E-state index contributed by atoms with van der Waals surface area (Å²) in [5, 5.41) is 0. The molecule has 1 atom stereocenters. The van der Waals surface area contributed by atoms with E-state index < -0.39 is 17.5 Å². The average molecular weight is 154 g/mol. The molecular formula is C8H10O3. The highest BCUT2D eigenvalue weighted by molar-refractivity contribution is 6.39. The fourth-order valence-corrected chi connectivity index (χ4v) is 0.665. The van der Waals surface area contributed by atoms with Gasteiger partial charge in [0.15, 0.2) is 5.78 Å². The first-order valence-electron chi connectivity index (χ1n) is 3.24. The van der Waals surface area contributed by atoms with E-state index in [4.69, 9.17) is 0 Å². The molecule has 0 rings (SSSR count). The summed E-state index contributed by atoms with van der Waals surface area (Å²) in [5.41, 5.74) is 0. The van der Waals surface area contributed by atoms with Gasteiger partial charge < -0.3 is 4.79 Å². The van der Waals surface area contributed by atoms with Crippen molar-refractivity contribution in [3.63, 3.8) is 0 Å². The zero-order valence-corrected chi connectivity index (χ0v) is 6.37. The first-order chi connectivity index (χ1) is 5.13. The lowest BCUT2D eigenvalue weighted by Gasteiger charge is -2.00. The fourth-order valence-electron chi connectivity index (χ4n) is 0.665. The minimum atomic E-state index is -0.829. The normalized spacial score (nSPS) is 11.7. The van der Waals surface area contributed by atoms with Crippen LogP contribution in [0.4, 0.5) is 0 Å². The molecular weight excluding hydrogens is 144 g/mol. The predicted octanol–water partition coefficient (Wildman–Crippen LogP) is 0.536. The first-order valence-corrected chi connectivity index (χ1v) is 3.24. The monoisotopic (exact) mass is 154 g/mol. The van der Waals surface area contributed by atoms with Crippen LogP contribution in [-0.4, -0.2) is 17.9 Å². The molecule has 11 heavy (non-hydrogen) atoms. The number of ketones is 2. The van der Waals surface area contributed by atoms with Crippen LogP contribution in [0.15, 0.2) is 12.7 Å². The van der Waals surface area contributed by atoms with E-state index >= 15 is 0 Å². The van der Waals surface area contributed by atoms with Gasteiger partial charge in [0.25, 0.3) is 0 Å². The van der Waals surface area contributed by atoms with Gasteiger partial charge in [0, 0.05) is 6.92 Å². The highest BCUT2D eigenvalue weighted by Gasteiger charge is 2.19. The Balaban J connectivity index is 4.24. The van der Waals surface area contributed by atoms with Gasteiger partial charge in [0.2, 0.25) is 5.78 Å². The Bertz CT molecular complexity index is 194. The van der Waals surface area contributed by atoms with Crippen molar-refractivity contribution in [3.05, 3.63) is 12.7 Å². The molecule has 0 saturated heterocycles. The predicted molar refractivity (Wildman–Crippen MR) is 40.1 cm³/mol. The average Bonchev–Trinajstić information content (AvgIpc) is 1.98. The Labute approximate surface area is 65.1 Å². The molecule has 0 radical (unpaired) electrons. The molecule has 0 saturated carbocycles. The Morgan fingerprint density at radius 2 is 2.09 bits per heavy atom. The molecule has 0 aromatic rings. The molecule has 0 heterocycles. The Kier molecular flexibility index (Phi) is 4.03. The second-order valence-electron chi connectivity index (χ2n) is 2.19. The number of hydrogen-bond donors (Lipinski definition) is 0. The topological polar surface area (TPSA) is 51.2 Å². The standard InChI is InChI=1S/C8H10O3/c1-3-4-7(5-9)8(11)6(2)10/h3,5,7H,1,4H2,2H3. The van der Waals surface area contributed by atoms with Crippen LogP contribution < -0.4 is 0 Å². The maximum Gasteiger partial charge on any atom is 0.208 e. The van der Waals surface area contributed by atoms with E-state index in [1.165, 1.54) is 6.08 Å². The first kappa shape index (κ1) is 9.75. The van der Waals surface area contributed by atoms with Crippen molar-refractivity contribution in [1.82, 2.24) is 0 Å². The van der Waals surface area contributed by atoms with E-state index in [0.717, 1.165) is 6.92 Å². The number of rotatable bonds is 5. The molecule has 3 heteroatoms. The van der Waals surface area contributed by atoms with Gasteiger partial charge in [-0.2, -0.15) is 0 Å². The number of carbonyl (C=O) groups excluding carboxylic acids is 3. The third-order valence-corrected chi connectivity index (χ3v) is 1.27. The van der Waals surface area contributed by atoms with Crippen LogP contribution in [-0.2, 0) is 14.4 Å². The summed E-state index contributed by atoms with van der Waals surface area (Å²) >= 11 is 0. The lowest BCUT2D eigenvalue weighted by molar-refractivity contribution is -0.139. The summed E-state index contributed by atoms with van der Waals surface area (Å²) in [6, 6.07) is 0. The van der Waals surface area contributed by atoms with Crippen LogP contribution in [0.3, 0.4) is 0 Å². The lowest BCUT2D eigenvalue weighted by atomic mass is 10.00. The third-order valence-electron chi connectivity index (χ3n) is 1.27. The summed E-state index contributed by atoms with van der Waals surface area (Å²) in [5.74, 6) is -2.05. The summed E-state index contributed by atoms with van der Waals surface area (Å²) in [6.07, 6.45) is 2.16. The van der Waals surface area contributed by atoms with Crippen molar-refractivity contribution in [2.45, 2.75) is 13.3 Å². The van der Waals surface area contributed by atoms with Gasteiger partial charge in [-0.15, -0.1) is 6.58 Å². The van der Waals surface area contributed by atoms with E-state index in [0.29, 0.717) is 6.29 Å². The molecule has 0 N–H and O–H groups in total. The Morgan fingerprint density at radius 1 is 1.55 bits per heavy atom. The second kappa shape index (κ2) is 4.55.